The van der Waals surface area contributed by atoms with Gasteiger partial charge in [-0.2, -0.15) is 0 Å². The van der Waals surface area contributed by atoms with E-state index in [0.717, 1.165) is 0 Å². The van der Waals surface area contributed by atoms with Crippen molar-refractivity contribution in [1.82, 2.24) is 0 Å². The molecule has 0 bridgehead atoms. The Bertz CT molecular complexity index is 444. The monoisotopic (exact) mass is 288 g/mol. The maximum Gasteiger partial charge on any atom is 0.231 e. The molecule has 0 fully saturated rings. The Morgan fingerprint density at radius 2 is 1.75 bits per heavy atom. The number of carbonyl (C=O) groups excluding carboxylic acids is 1. The average molecular weight is 289 g/mol. The van der Waals surface area contributed by atoms with Crippen molar-refractivity contribution in [2.24, 2.45) is 0 Å². The molecular formula is C10H9BrO5. The highest BCUT2D eigenvalue weighted by Crippen LogP contribution is 2.53. The van der Waals surface area contributed by atoms with Crippen LogP contribution in [0.5, 0.6) is 23.0 Å². The lowest BCUT2D eigenvalue weighted by molar-refractivity contribution is 0.111. The van der Waals surface area contributed by atoms with Gasteiger partial charge < -0.3 is 18.9 Å². The SMILES string of the molecule is COc1c(Br)c(C=O)c(OC)c2c1OCO2. The van der Waals surface area contributed by atoms with Crippen LogP contribution in [0.2, 0.25) is 0 Å². The van der Waals surface area contributed by atoms with Gasteiger partial charge in [0.2, 0.25) is 18.3 Å². The molecule has 0 unspecified atom stereocenters. The third-order valence-corrected chi connectivity index (χ3v) is 3.02. The van der Waals surface area contributed by atoms with Crippen LogP contribution in [0.1, 0.15) is 10.4 Å². The topological polar surface area (TPSA) is 54.0 Å². The van der Waals surface area contributed by atoms with Crippen LogP contribution in [-0.4, -0.2) is 27.3 Å². The molecule has 1 heterocycles. The van der Waals surface area contributed by atoms with Crippen LogP contribution in [0.25, 0.3) is 0 Å². The van der Waals surface area contributed by atoms with Crippen molar-refractivity contribution >= 4 is 22.2 Å². The summed E-state index contributed by atoms with van der Waals surface area (Å²) in [4.78, 5) is 11.0. The molecule has 16 heavy (non-hydrogen) atoms. The largest absolute Gasteiger partial charge is 0.492 e. The van der Waals surface area contributed by atoms with Crippen LogP contribution in [0.4, 0.5) is 0 Å². The van der Waals surface area contributed by atoms with Gasteiger partial charge in [0.1, 0.15) is 0 Å². The Morgan fingerprint density at radius 1 is 1.19 bits per heavy atom. The fourth-order valence-corrected chi connectivity index (χ4v) is 2.17. The molecule has 0 N–H and O–H groups in total. The molecule has 0 aliphatic carbocycles. The van der Waals surface area contributed by atoms with Gasteiger partial charge in [-0.15, -0.1) is 0 Å². The number of aldehydes is 1. The van der Waals surface area contributed by atoms with Gasteiger partial charge in [0.15, 0.2) is 17.8 Å². The third kappa shape index (κ3) is 1.41. The molecule has 0 aromatic heterocycles. The number of hydrogen-bond acceptors (Lipinski definition) is 5. The van der Waals surface area contributed by atoms with Crippen molar-refractivity contribution in [3.63, 3.8) is 0 Å². The van der Waals surface area contributed by atoms with Crippen molar-refractivity contribution in [3.05, 3.63) is 10.0 Å². The Hall–Kier alpha value is -1.43. The molecule has 0 atom stereocenters. The summed E-state index contributed by atoms with van der Waals surface area (Å²) in [5.41, 5.74) is 0.337. The van der Waals surface area contributed by atoms with Crippen molar-refractivity contribution in [2.75, 3.05) is 21.0 Å². The van der Waals surface area contributed by atoms with Crippen LogP contribution < -0.4 is 18.9 Å². The Balaban J connectivity index is 2.77. The second kappa shape index (κ2) is 4.21. The number of carbonyl (C=O) groups is 1. The zero-order valence-corrected chi connectivity index (χ0v) is 10.3. The zero-order chi connectivity index (χ0) is 11.7. The van der Waals surface area contributed by atoms with Gasteiger partial charge in [-0.3, -0.25) is 4.79 Å². The predicted octanol–water partition coefficient (Wildman–Crippen LogP) is 2.01. The van der Waals surface area contributed by atoms with E-state index >= 15 is 0 Å². The Labute approximate surface area is 100 Å². The number of fused-ring (bicyclic) bond motifs is 1. The number of hydrogen-bond donors (Lipinski definition) is 0. The molecule has 1 aromatic carbocycles. The quantitative estimate of drug-likeness (QED) is 0.797. The first-order valence-corrected chi connectivity index (χ1v) is 5.22. The van der Waals surface area contributed by atoms with E-state index in [-0.39, 0.29) is 6.79 Å². The van der Waals surface area contributed by atoms with Crippen molar-refractivity contribution < 1.29 is 23.7 Å². The molecule has 1 aliphatic heterocycles. The van der Waals surface area contributed by atoms with E-state index in [2.05, 4.69) is 15.9 Å². The summed E-state index contributed by atoms with van der Waals surface area (Å²) in [6.07, 6.45) is 0.674. The number of benzene rings is 1. The fourth-order valence-electron chi connectivity index (χ4n) is 1.55. The minimum absolute atomic E-state index is 0.0802. The standard InChI is InChI=1S/C10H9BrO5/c1-13-7-5(3-12)6(11)8(14-2)10-9(7)15-4-16-10/h3H,4H2,1-2H3. The van der Waals surface area contributed by atoms with Gasteiger partial charge in [0, 0.05) is 0 Å². The van der Waals surface area contributed by atoms with E-state index in [9.17, 15) is 4.79 Å². The van der Waals surface area contributed by atoms with Crippen molar-refractivity contribution in [2.45, 2.75) is 0 Å². The zero-order valence-electron chi connectivity index (χ0n) is 8.70. The van der Waals surface area contributed by atoms with E-state index in [4.69, 9.17) is 18.9 Å². The molecule has 0 amide bonds. The molecule has 0 spiro atoms. The summed E-state index contributed by atoms with van der Waals surface area (Å²) in [7, 11) is 2.95. The first kappa shape index (κ1) is 11.1. The number of methoxy groups -OCH3 is 2. The number of ether oxygens (including phenoxy) is 4. The summed E-state index contributed by atoms with van der Waals surface area (Å²) in [5, 5.41) is 0. The summed E-state index contributed by atoms with van der Waals surface area (Å²) < 4.78 is 21.3. The van der Waals surface area contributed by atoms with E-state index in [1.807, 2.05) is 0 Å². The third-order valence-electron chi connectivity index (χ3n) is 2.23. The lowest BCUT2D eigenvalue weighted by Crippen LogP contribution is -1.97. The van der Waals surface area contributed by atoms with Crippen LogP contribution in [0.15, 0.2) is 4.47 Å². The van der Waals surface area contributed by atoms with Crippen LogP contribution in [0.3, 0.4) is 0 Å². The van der Waals surface area contributed by atoms with Gasteiger partial charge in [-0.1, -0.05) is 0 Å². The summed E-state index contributed by atoms with van der Waals surface area (Å²) >= 11 is 3.28. The minimum Gasteiger partial charge on any atom is -0.492 e. The van der Waals surface area contributed by atoms with E-state index in [1.54, 1.807) is 0 Å². The molecular weight excluding hydrogens is 280 g/mol. The van der Waals surface area contributed by atoms with Crippen LogP contribution in [0, 0.1) is 0 Å². The average Bonchev–Trinajstić information content (AvgIpc) is 2.76. The van der Waals surface area contributed by atoms with Gasteiger partial charge in [-0.05, 0) is 15.9 Å². The van der Waals surface area contributed by atoms with Crippen LogP contribution >= 0.6 is 15.9 Å². The molecule has 0 saturated heterocycles. The molecule has 1 aliphatic rings. The van der Waals surface area contributed by atoms with Gasteiger partial charge >= 0.3 is 0 Å². The van der Waals surface area contributed by atoms with Crippen molar-refractivity contribution in [1.29, 1.82) is 0 Å². The Morgan fingerprint density at radius 3 is 2.25 bits per heavy atom. The minimum atomic E-state index is 0.0802. The maximum absolute atomic E-state index is 11.0. The highest BCUT2D eigenvalue weighted by Gasteiger charge is 2.30. The highest BCUT2D eigenvalue weighted by atomic mass is 79.9. The lowest BCUT2D eigenvalue weighted by atomic mass is 10.1. The smallest absolute Gasteiger partial charge is 0.231 e. The van der Waals surface area contributed by atoms with Crippen LogP contribution in [-0.2, 0) is 0 Å². The lowest BCUT2D eigenvalue weighted by Gasteiger charge is -2.13. The van der Waals surface area contributed by atoms with Gasteiger partial charge in [-0.25, -0.2) is 0 Å². The molecule has 6 heteroatoms. The van der Waals surface area contributed by atoms with Gasteiger partial charge in [0.25, 0.3) is 0 Å². The van der Waals surface area contributed by atoms with E-state index in [0.29, 0.717) is 39.3 Å². The number of halogens is 1. The maximum atomic E-state index is 11.0. The number of rotatable bonds is 3. The molecule has 0 radical (unpaired) electrons. The Kier molecular flexibility index (Phi) is 2.91. The molecule has 86 valence electrons. The molecule has 0 saturated carbocycles. The summed E-state index contributed by atoms with van der Waals surface area (Å²) in [5.74, 6) is 1.60. The first-order chi connectivity index (χ1) is 7.74. The normalized spacial score (nSPS) is 12.4. The second-order valence-corrected chi connectivity index (χ2v) is 3.77. The fraction of sp³-hybridized carbons (Fsp3) is 0.300. The second-order valence-electron chi connectivity index (χ2n) is 2.98. The summed E-state index contributed by atoms with van der Waals surface area (Å²) in [6.45, 7) is 0.0802. The summed E-state index contributed by atoms with van der Waals surface area (Å²) in [6, 6.07) is 0. The molecule has 1 aromatic rings. The van der Waals surface area contributed by atoms with E-state index in [1.165, 1.54) is 14.2 Å². The van der Waals surface area contributed by atoms with E-state index < -0.39 is 0 Å². The van der Waals surface area contributed by atoms with Gasteiger partial charge in [0.05, 0.1) is 24.3 Å². The highest BCUT2D eigenvalue weighted by molar-refractivity contribution is 9.10. The first-order valence-electron chi connectivity index (χ1n) is 4.42. The molecule has 2 rings (SSSR count). The van der Waals surface area contributed by atoms with Crippen molar-refractivity contribution in [3.8, 4) is 23.0 Å². The molecule has 5 nitrogen and oxygen atoms in total. The predicted molar refractivity (Wildman–Crippen MR) is 58.8 cm³/mol.